The summed E-state index contributed by atoms with van der Waals surface area (Å²) in [5.74, 6) is 0.977. The van der Waals surface area contributed by atoms with Gasteiger partial charge in [0.05, 0.1) is 6.04 Å². The van der Waals surface area contributed by atoms with Crippen molar-refractivity contribution in [3.63, 3.8) is 0 Å². The van der Waals surface area contributed by atoms with Gasteiger partial charge in [-0.3, -0.25) is 9.69 Å². The Hall–Kier alpha value is -1.43. The highest BCUT2D eigenvalue weighted by molar-refractivity contribution is 5.81. The second-order valence-corrected chi connectivity index (χ2v) is 5.76. The minimum absolute atomic E-state index is 0.0653. The third kappa shape index (κ3) is 3.17. The molecular formula is C14H25N5O. The number of carbonyl (C=O) groups excluding carboxylic acids is 1. The third-order valence-electron chi connectivity index (χ3n) is 4.31. The summed E-state index contributed by atoms with van der Waals surface area (Å²) in [6, 6.07) is 0.918. The molecule has 20 heavy (non-hydrogen) atoms. The molecule has 2 heterocycles. The maximum absolute atomic E-state index is 12.2. The quantitative estimate of drug-likeness (QED) is 0.872. The van der Waals surface area contributed by atoms with Crippen LogP contribution in [0, 0.1) is 6.92 Å². The molecule has 1 fully saturated rings. The summed E-state index contributed by atoms with van der Waals surface area (Å²) in [6.45, 7) is 9.63. The van der Waals surface area contributed by atoms with E-state index in [1.54, 1.807) is 6.33 Å². The van der Waals surface area contributed by atoms with Crippen LogP contribution in [0.4, 0.5) is 0 Å². The van der Waals surface area contributed by atoms with Crippen molar-refractivity contribution in [2.75, 3.05) is 6.54 Å². The Morgan fingerprint density at radius 1 is 1.45 bits per heavy atom. The Bertz CT molecular complexity index is 448. The van der Waals surface area contributed by atoms with Crippen LogP contribution in [0.5, 0.6) is 0 Å². The van der Waals surface area contributed by atoms with Crippen LogP contribution in [0.15, 0.2) is 6.33 Å². The van der Waals surface area contributed by atoms with Crippen molar-refractivity contribution in [2.45, 2.75) is 65.2 Å². The van der Waals surface area contributed by atoms with Crippen LogP contribution in [0.2, 0.25) is 0 Å². The van der Waals surface area contributed by atoms with E-state index in [0.29, 0.717) is 25.2 Å². The second kappa shape index (κ2) is 6.35. The minimum atomic E-state index is -0.0653. The summed E-state index contributed by atoms with van der Waals surface area (Å²) in [4.78, 5) is 14.6. The summed E-state index contributed by atoms with van der Waals surface area (Å²) in [5.41, 5.74) is 0. The molecule has 112 valence electrons. The van der Waals surface area contributed by atoms with Gasteiger partial charge < -0.3 is 9.88 Å². The summed E-state index contributed by atoms with van der Waals surface area (Å²) in [6.07, 6.45) is 4.05. The molecule has 0 radical (unpaired) electrons. The highest BCUT2D eigenvalue weighted by atomic mass is 16.2. The summed E-state index contributed by atoms with van der Waals surface area (Å²) < 4.78 is 1.94. The molecule has 1 amide bonds. The monoisotopic (exact) mass is 279 g/mol. The molecule has 0 bridgehead atoms. The van der Waals surface area contributed by atoms with E-state index in [9.17, 15) is 4.79 Å². The summed E-state index contributed by atoms with van der Waals surface area (Å²) in [7, 11) is 0. The van der Waals surface area contributed by atoms with E-state index in [1.807, 2.05) is 18.4 Å². The van der Waals surface area contributed by atoms with Crippen molar-refractivity contribution < 1.29 is 4.79 Å². The number of hydrogen-bond acceptors (Lipinski definition) is 4. The smallest absolute Gasteiger partial charge is 0.237 e. The van der Waals surface area contributed by atoms with Crippen molar-refractivity contribution in [3.8, 4) is 0 Å². The Balaban J connectivity index is 1.81. The zero-order valence-corrected chi connectivity index (χ0v) is 12.8. The number of nitrogens with one attached hydrogen (secondary N) is 1. The van der Waals surface area contributed by atoms with Gasteiger partial charge >= 0.3 is 0 Å². The van der Waals surface area contributed by atoms with Gasteiger partial charge in [0.2, 0.25) is 5.91 Å². The topological polar surface area (TPSA) is 63.1 Å². The van der Waals surface area contributed by atoms with Gasteiger partial charge in [-0.05, 0) is 40.5 Å². The Labute approximate surface area is 120 Å². The maximum atomic E-state index is 12.2. The fraction of sp³-hybridized carbons (Fsp3) is 0.786. The van der Waals surface area contributed by atoms with E-state index in [4.69, 9.17) is 0 Å². The van der Waals surface area contributed by atoms with E-state index < -0.39 is 0 Å². The molecule has 2 rings (SSSR count). The molecule has 6 nitrogen and oxygen atoms in total. The van der Waals surface area contributed by atoms with Gasteiger partial charge in [0, 0.05) is 25.2 Å². The zero-order valence-electron chi connectivity index (χ0n) is 12.8. The number of carbonyl (C=O) groups is 1. The van der Waals surface area contributed by atoms with Gasteiger partial charge in [-0.15, -0.1) is 10.2 Å². The van der Waals surface area contributed by atoms with Crippen LogP contribution in [0.3, 0.4) is 0 Å². The number of nitrogens with zero attached hydrogens (tertiary/aromatic N) is 4. The molecule has 1 saturated heterocycles. The first-order valence-electron chi connectivity index (χ1n) is 7.40. The molecule has 0 aromatic carbocycles. The molecule has 0 unspecified atom stereocenters. The van der Waals surface area contributed by atoms with E-state index in [-0.39, 0.29) is 11.9 Å². The average molecular weight is 279 g/mol. The molecular weight excluding hydrogens is 254 g/mol. The van der Waals surface area contributed by atoms with E-state index in [0.717, 1.165) is 5.82 Å². The van der Waals surface area contributed by atoms with Crippen LogP contribution in [0.1, 0.15) is 39.4 Å². The lowest BCUT2D eigenvalue weighted by Gasteiger charge is -2.31. The predicted molar refractivity (Wildman–Crippen MR) is 77.2 cm³/mol. The third-order valence-corrected chi connectivity index (χ3v) is 4.31. The molecule has 1 aromatic heterocycles. The molecule has 1 N–H and O–H groups in total. The molecule has 1 aliphatic rings. The van der Waals surface area contributed by atoms with Gasteiger partial charge in [0.1, 0.15) is 12.2 Å². The maximum Gasteiger partial charge on any atom is 0.237 e. The Kier molecular flexibility index (Phi) is 4.75. The average Bonchev–Trinajstić information content (AvgIpc) is 2.96. The lowest BCUT2D eigenvalue weighted by Crippen LogP contribution is -2.49. The van der Waals surface area contributed by atoms with Crippen LogP contribution in [0.25, 0.3) is 0 Å². The van der Waals surface area contributed by atoms with Gasteiger partial charge in [-0.1, -0.05) is 0 Å². The number of likely N-dealkylation sites (tertiary alicyclic amines) is 1. The normalized spacial score (nSPS) is 24.8. The van der Waals surface area contributed by atoms with Crippen LogP contribution in [-0.2, 0) is 11.3 Å². The fourth-order valence-electron chi connectivity index (χ4n) is 3.09. The molecule has 6 heteroatoms. The largest absolute Gasteiger partial charge is 0.353 e. The van der Waals surface area contributed by atoms with Crippen molar-refractivity contribution in [2.24, 2.45) is 0 Å². The van der Waals surface area contributed by atoms with Crippen LogP contribution in [-0.4, -0.2) is 50.2 Å². The van der Waals surface area contributed by atoms with Crippen molar-refractivity contribution in [1.82, 2.24) is 25.0 Å². The first-order valence-corrected chi connectivity index (χ1v) is 7.40. The van der Waals surface area contributed by atoms with E-state index in [1.165, 1.54) is 12.8 Å². The lowest BCUT2D eigenvalue weighted by molar-refractivity contribution is -0.126. The first-order chi connectivity index (χ1) is 9.50. The molecule has 0 spiro atoms. The van der Waals surface area contributed by atoms with E-state index in [2.05, 4.69) is 34.3 Å². The first kappa shape index (κ1) is 15.0. The van der Waals surface area contributed by atoms with Gasteiger partial charge in [0.15, 0.2) is 0 Å². The minimum Gasteiger partial charge on any atom is -0.353 e. The number of rotatable bonds is 5. The molecule has 1 aliphatic heterocycles. The highest BCUT2D eigenvalue weighted by Gasteiger charge is 2.34. The van der Waals surface area contributed by atoms with Gasteiger partial charge in [-0.2, -0.15) is 0 Å². The molecule has 0 saturated carbocycles. The van der Waals surface area contributed by atoms with Crippen molar-refractivity contribution in [3.05, 3.63) is 12.2 Å². The van der Waals surface area contributed by atoms with E-state index >= 15 is 0 Å². The van der Waals surface area contributed by atoms with Gasteiger partial charge in [-0.25, -0.2) is 0 Å². The number of hydrogen-bond donors (Lipinski definition) is 1. The second-order valence-electron chi connectivity index (χ2n) is 5.76. The highest BCUT2D eigenvalue weighted by Crippen LogP contribution is 2.25. The fourth-order valence-corrected chi connectivity index (χ4v) is 3.09. The van der Waals surface area contributed by atoms with Crippen molar-refractivity contribution in [1.29, 1.82) is 0 Å². The van der Waals surface area contributed by atoms with Crippen molar-refractivity contribution >= 4 is 5.91 Å². The molecule has 1 aromatic rings. The standard InChI is InChI=1S/C14H25N5O/c1-10-5-6-11(2)19(10)12(3)14(20)15-7-8-18-9-16-17-13(18)4/h9-12H,5-8H2,1-4H3,(H,15,20)/t10-,11+,12-/m0/s1. The lowest BCUT2D eigenvalue weighted by atomic mass is 10.2. The Morgan fingerprint density at radius 3 is 2.65 bits per heavy atom. The summed E-state index contributed by atoms with van der Waals surface area (Å²) in [5, 5.41) is 10.8. The molecule has 3 atom stereocenters. The summed E-state index contributed by atoms with van der Waals surface area (Å²) >= 11 is 0. The van der Waals surface area contributed by atoms with Crippen LogP contribution < -0.4 is 5.32 Å². The zero-order chi connectivity index (χ0) is 14.7. The number of aryl methyl sites for hydroxylation is 1. The number of aromatic nitrogens is 3. The predicted octanol–water partition coefficient (Wildman–Crippen LogP) is 0.964. The van der Waals surface area contributed by atoms with Gasteiger partial charge in [0.25, 0.3) is 0 Å². The molecule has 0 aliphatic carbocycles. The van der Waals surface area contributed by atoms with Crippen LogP contribution >= 0.6 is 0 Å². The SMILES string of the molecule is Cc1nncn1CCNC(=O)[C@H](C)N1[C@H](C)CC[C@@H]1C. The number of amides is 1. The Morgan fingerprint density at radius 2 is 2.10 bits per heavy atom.